The summed E-state index contributed by atoms with van der Waals surface area (Å²) < 4.78 is 0. The third kappa shape index (κ3) is 2.59. The standard InChI is InChI=1S/C15H21NO3S/c1-8(2)12(9-6-5-7-20-9)16-13(17)10-11(14(18)19)15(10,3)4/h5-8,10-12H,1-4H3,(H,16,17)(H,18,19). The third-order valence-electron chi connectivity index (χ3n) is 4.19. The SMILES string of the molecule is CC(C)C(NC(=O)C1C(C(=O)O)C1(C)C)c1cccs1. The molecule has 4 nitrogen and oxygen atoms in total. The Morgan fingerprint density at radius 1 is 1.35 bits per heavy atom. The summed E-state index contributed by atoms with van der Waals surface area (Å²) >= 11 is 1.61. The van der Waals surface area contributed by atoms with Gasteiger partial charge in [0, 0.05) is 4.88 Å². The van der Waals surface area contributed by atoms with Crippen LogP contribution < -0.4 is 5.32 Å². The van der Waals surface area contributed by atoms with Crippen molar-refractivity contribution in [3.05, 3.63) is 22.4 Å². The van der Waals surface area contributed by atoms with Gasteiger partial charge in [-0.05, 0) is 22.8 Å². The predicted octanol–water partition coefficient (Wildman–Crippen LogP) is 2.92. The highest BCUT2D eigenvalue weighted by molar-refractivity contribution is 7.10. The van der Waals surface area contributed by atoms with Gasteiger partial charge in [0.05, 0.1) is 17.9 Å². The van der Waals surface area contributed by atoms with Crippen LogP contribution in [0, 0.1) is 23.2 Å². The van der Waals surface area contributed by atoms with E-state index < -0.39 is 23.2 Å². The number of thiophene rings is 1. The quantitative estimate of drug-likeness (QED) is 0.877. The van der Waals surface area contributed by atoms with Gasteiger partial charge in [-0.1, -0.05) is 33.8 Å². The van der Waals surface area contributed by atoms with Gasteiger partial charge in [0.2, 0.25) is 5.91 Å². The Balaban J connectivity index is 2.09. The van der Waals surface area contributed by atoms with Crippen LogP contribution in [0.1, 0.15) is 38.6 Å². The highest BCUT2D eigenvalue weighted by Crippen LogP contribution is 2.58. The number of carbonyl (C=O) groups excluding carboxylic acids is 1. The van der Waals surface area contributed by atoms with E-state index >= 15 is 0 Å². The zero-order valence-electron chi connectivity index (χ0n) is 12.2. The van der Waals surface area contributed by atoms with Gasteiger partial charge < -0.3 is 10.4 Å². The van der Waals surface area contributed by atoms with Crippen LogP contribution >= 0.6 is 11.3 Å². The first-order chi connectivity index (χ1) is 9.26. The lowest BCUT2D eigenvalue weighted by Gasteiger charge is -2.21. The summed E-state index contributed by atoms with van der Waals surface area (Å²) in [5.41, 5.74) is -0.451. The molecule has 0 aromatic carbocycles. The molecular weight excluding hydrogens is 274 g/mol. The Bertz CT molecular complexity index is 507. The molecule has 1 aromatic rings. The smallest absolute Gasteiger partial charge is 0.307 e. The fraction of sp³-hybridized carbons (Fsp3) is 0.600. The molecule has 1 fully saturated rings. The van der Waals surface area contributed by atoms with Gasteiger partial charge in [-0.2, -0.15) is 0 Å². The predicted molar refractivity (Wildman–Crippen MR) is 78.4 cm³/mol. The monoisotopic (exact) mass is 295 g/mol. The van der Waals surface area contributed by atoms with E-state index in [4.69, 9.17) is 5.11 Å². The molecule has 1 aliphatic carbocycles. The molecule has 0 saturated heterocycles. The van der Waals surface area contributed by atoms with E-state index in [0.29, 0.717) is 0 Å². The van der Waals surface area contributed by atoms with Gasteiger partial charge in [-0.15, -0.1) is 11.3 Å². The minimum Gasteiger partial charge on any atom is -0.481 e. The summed E-state index contributed by atoms with van der Waals surface area (Å²) in [6, 6.07) is 3.92. The van der Waals surface area contributed by atoms with Crippen LogP contribution in [0.3, 0.4) is 0 Å². The maximum absolute atomic E-state index is 12.4. The first-order valence-electron chi connectivity index (χ1n) is 6.83. The van der Waals surface area contributed by atoms with Crippen molar-refractivity contribution >= 4 is 23.2 Å². The first-order valence-corrected chi connectivity index (χ1v) is 7.71. The highest BCUT2D eigenvalue weighted by Gasteiger charge is 2.66. The van der Waals surface area contributed by atoms with Crippen LogP contribution in [0.15, 0.2) is 17.5 Å². The largest absolute Gasteiger partial charge is 0.481 e. The molecule has 1 saturated carbocycles. The number of rotatable bonds is 5. The number of amides is 1. The molecule has 2 rings (SSSR count). The van der Waals surface area contributed by atoms with E-state index in [2.05, 4.69) is 19.2 Å². The summed E-state index contributed by atoms with van der Waals surface area (Å²) in [5, 5.41) is 14.2. The zero-order valence-corrected chi connectivity index (χ0v) is 13.0. The molecule has 110 valence electrons. The minimum absolute atomic E-state index is 0.0478. The second-order valence-electron chi connectivity index (χ2n) is 6.36. The molecule has 3 atom stereocenters. The molecule has 5 heteroatoms. The van der Waals surface area contributed by atoms with E-state index in [0.717, 1.165) is 4.88 Å². The highest BCUT2D eigenvalue weighted by atomic mass is 32.1. The van der Waals surface area contributed by atoms with Crippen molar-refractivity contribution in [1.29, 1.82) is 0 Å². The van der Waals surface area contributed by atoms with Gasteiger partial charge in [0.15, 0.2) is 0 Å². The maximum Gasteiger partial charge on any atom is 0.307 e. The third-order valence-corrected chi connectivity index (χ3v) is 5.15. The van der Waals surface area contributed by atoms with Crippen molar-refractivity contribution in [2.75, 3.05) is 0 Å². The molecule has 1 amide bonds. The Labute approximate surface area is 123 Å². The Morgan fingerprint density at radius 3 is 2.40 bits per heavy atom. The lowest BCUT2D eigenvalue weighted by molar-refractivity contribution is -0.140. The van der Waals surface area contributed by atoms with Crippen LogP contribution in [0.5, 0.6) is 0 Å². The number of nitrogens with one attached hydrogen (secondary N) is 1. The van der Waals surface area contributed by atoms with Gasteiger partial charge >= 0.3 is 5.97 Å². The molecule has 2 N–H and O–H groups in total. The van der Waals surface area contributed by atoms with Crippen molar-refractivity contribution in [1.82, 2.24) is 5.32 Å². The summed E-state index contributed by atoms with van der Waals surface area (Å²) in [7, 11) is 0. The van der Waals surface area contributed by atoms with Crippen LogP contribution in [-0.2, 0) is 9.59 Å². The van der Waals surface area contributed by atoms with Gasteiger partial charge in [0.1, 0.15) is 0 Å². The molecule has 1 aromatic heterocycles. The second-order valence-corrected chi connectivity index (χ2v) is 7.34. The summed E-state index contributed by atoms with van der Waals surface area (Å²) in [6.07, 6.45) is 0. The molecule has 0 aliphatic heterocycles. The van der Waals surface area contributed by atoms with Gasteiger partial charge in [-0.25, -0.2) is 0 Å². The Hall–Kier alpha value is -1.36. The van der Waals surface area contributed by atoms with Crippen LogP contribution in [0.2, 0.25) is 0 Å². The van der Waals surface area contributed by atoms with E-state index in [1.807, 2.05) is 31.4 Å². The lowest BCUT2D eigenvalue weighted by atomic mass is 10.0. The number of carboxylic acids is 1. The molecule has 1 aliphatic rings. The van der Waals surface area contributed by atoms with Crippen LogP contribution in [0.25, 0.3) is 0 Å². The number of hydrogen-bond donors (Lipinski definition) is 2. The number of aliphatic carboxylic acids is 1. The number of hydrogen-bond acceptors (Lipinski definition) is 3. The Kier molecular flexibility index (Phi) is 3.91. The van der Waals surface area contributed by atoms with E-state index in [9.17, 15) is 9.59 Å². The molecule has 20 heavy (non-hydrogen) atoms. The van der Waals surface area contributed by atoms with Crippen molar-refractivity contribution in [2.45, 2.75) is 33.7 Å². The molecular formula is C15H21NO3S. The minimum atomic E-state index is -0.882. The fourth-order valence-electron chi connectivity index (χ4n) is 2.87. The van der Waals surface area contributed by atoms with E-state index in [1.54, 1.807) is 11.3 Å². The summed E-state index contributed by atoms with van der Waals surface area (Å²) in [6.45, 7) is 7.78. The average molecular weight is 295 g/mol. The second kappa shape index (κ2) is 5.20. The molecule has 1 heterocycles. The first kappa shape index (κ1) is 15.0. The number of carboxylic acid groups (broad SMARTS) is 1. The fourth-order valence-corrected chi connectivity index (χ4v) is 3.81. The zero-order chi connectivity index (χ0) is 15.1. The molecule has 3 unspecified atom stereocenters. The Morgan fingerprint density at radius 2 is 2.00 bits per heavy atom. The maximum atomic E-state index is 12.4. The van der Waals surface area contributed by atoms with E-state index in [-0.39, 0.29) is 17.9 Å². The average Bonchev–Trinajstić information content (AvgIpc) is 2.74. The van der Waals surface area contributed by atoms with Crippen LogP contribution in [0.4, 0.5) is 0 Å². The molecule has 0 bridgehead atoms. The summed E-state index contributed by atoms with van der Waals surface area (Å²) in [4.78, 5) is 24.6. The van der Waals surface area contributed by atoms with Crippen molar-refractivity contribution in [2.24, 2.45) is 23.2 Å². The molecule has 0 spiro atoms. The van der Waals surface area contributed by atoms with Gasteiger partial charge in [-0.3, -0.25) is 9.59 Å². The van der Waals surface area contributed by atoms with Crippen molar-refractivity contribution in [3.63, 3.8) is 0 Å². The normalized spacial score (nSPS) is 25.2. The van der Waals surface area contributed by atoms with E-state index in [1.165, 1.54) is 0 Å². The van der Waals surface area contributed by atoms with Gasteiger partial charge in [0.25, 0.3) is 0 Å². The topological polar surface area (TPSA) is 66.4 Å². The van der Waals surface area contributed by atoms with Crippen molar-refractivity contribution < 1.29 is 14.7 Å². The lowest BCUT2D eigenvalue weighted by Crippen LogP contribution is -2.33. The van der Waals surface area contributed by atoms with Crippen LogP contribution in [-0.4, -0.2) is 17.0 Å². The molecule has 0 radical (unpaired) electrons. The number of carbonyl (C=O) groups is 2. The van der Waals surface area contributed by atoms with Crippen molar-refractivity contribution in [3.8, 4) is 0 Å². The summed E-state index contributed by atoms with van der Waals surface area (Å²) in [5.74, 6) is -1.76.